The molecule has 9 nitrogen and oxygen atoms in total. The number of anilines is 1. The van der Waals surface area contributed by atoms with Gasteiger partial charge in [-0.3, -0.25) is 14.4 Å². The van der Waals surface area contributed by atoms with Gasteiger partial charge in [-0.2, -0.15) is 0 Å². The molecule has 1 saturated heterocycles. The van der Waals surface area contributed by atoms with E-state index in [2.05, 4.69) is 44.7 Å². The zero-order valence-electron chi connectivity index (χ0n) is 21.2. The molecule has 36 heavy (non-hydrogen) atoms. The molecular formula is C27H39N5O4. The minimum absolute atomic E-state index is 0.176. The summed E-state index contributed by atoms with van der Waals surface area (Å²) < 4.78 is 5.25. The Morgan fingerprint density at radius 2 is 2.00 bits per heavy atom. The number of nitrogens with zero attached hydrogens (tertiary/aromatic N) is 2. The predicted octanol–water partition coefficient (Wildman–Crippen LogP) is 0.978. The van der Waals surface area contributed by atoms with Crippen LogP contribution in [0.5, 0.6) is 0 Å². The number of benzene rings is 1. The Morgan fingerprint density at radius 1 is 1.22 bits per heavy atom. The summed E-state index contributed by atoms with van der Waals surface area (Å²) in [5.41, 5.74) is 7.02. The average molecular weight is 498 g/mol. The number of ether oxygens (including phenoxy) is 1. The van der Waals surface area contributed by atoms with E-state index < -0.39 is 11.3 Å². The van der Waals surface area contributed by atoms with E-state index in [4.69, 9.17) is 10.5 Å². The first-order chi connectivity index (χ1) is 17.4. The maximum atomic E-state index is 13.8. The Bertz CT molecular complexity index is 992. The number of carbonyl (C=O) groups is 3. The molecule has 2 saturated carbocycles. The summed E-state index contributed by atoms with van der Waals surface area (Å²) in [5, 5.41) is 6.33. The number of hydrogen-bond donors (Lipinski definition) is 3. The minimum atomic E-state index is -1.04. The third-order valence-corrected chi connectivity index (χ3v) is 8.31. The molecule has 1 unspecified atom stereocenters. The van der Waals surface area contributed by atoms with Crippen molar-refractivity contribution in [1.82, 2.24) is 15.5 Å². The highest BCUT2D eigenvalue weighted by Crippen LogP contribution is 2.45. The highest BCUT2D eigenvalue weighted by Gasteiger charge is 2.56. The van der Waals surface area contributed by atoms with Gasteiger partial charge in [0.25, 0.3) is 0 Å². The highest BCUT2D eigenvalue weighted by molar-refractivity contribution is 6.07. The van der Waals surface area contributed by atoms with Gasteiger partial charge in [0.2, 0.25) is 17.7 Å². The van der Waals surface area contributed by atoms with Gasteiger partial charge in [0.05, 0.1) is 5.92 Å². The highest BCUT2D eigenvalue weighted by atomic mass is 16.5. The fourth-order valence-corrected chi connectivity index (χ4v) is 5.90. The number of primary amides is 1. The maximum Gasteiger partial charge on any atom is 0.235 e. The van der Waals surface area contributed by atoms with Crippen LogP contribution in [0.4, 0.5) is 5.69 Å². The van der Waals surface area contributed by atoms with Crippen molar-refractivity contribution in [2.45, 2.75) is 56.5 Å². The molecule has 3 fully saturated rings. The number of piperidine rings is 1. The molecule has 0 spiro atoms. The van der Waals surface area contributed by atoms with Crippen LogP contribution in [0.25, 0.3) is 0 Å². The molecule has 1 aromatic carbocycles. The summed E-state index contributed by atoms with van der Waals surface area (Å²) in [7, 11) is 1.73. The number of rotatable bonds is 11. The van der Waals surface area contributed by atoms with E-state index in [1.54, 1.807) is 7.11 Å². The zero-order chi connectivity index (χ0) is 25.3. The second-order valence-corrected chi connectivity index (χ2v) is 11.0. The van der Waals surface area contributed by atoms with Crippen molar-refractivity contribution in [3.8, 4) is 0 Å². The number of nitrogens with two attached hydrogens (primary N) is 1. The first-order valence-electron chi connectivity index (χ1n) is 13.4. The Balaban J connectivity index is 1.23. The maximum absolute atomic E-state index is 13.8. The molecule has 3 atom stereocenters. The van der Waals surface area contributed by atoms with E-state index in [1.165, 1.54) is 11.3 Å². The van der Waals surface area contributed by atoms with Crippen molar-refractivity contribution >= 4 is 23.4 Å². The molecule has 9 heteroatoms. The number of methoxy groups -OCH3 is 1. The molecule has 0 bridgehead atoms. The predicted molar refractivity (Wildman–Crippen MR) is 136 cm³/mol. The second kappa shape index (κ2) is 10.4. The van der Waals surface area contributed by atoms with Crippen LogP contribution in [0.1, 0.15) is 50.0 Å². The van der Waals surface area contributed by atoms with Crippen molar-refractivity contribution in [2.75, 3.05) is 51.3 Å². The summed E-state index contributed by atoms with van der Waals surface area (Å²) in [6, 6.07) is 8.69. The molecule has 0 aromatic heterocycles. The number of para-hydroxylation sites is 1. The molecular weight excluding hydrogens is 458 g/mol. The van der Waals surface area contributed by atoms with Gasteiger partial charge in [0.1, 0.15) is 5.41 Å². The van der Waals surface area contributed by atoms with Gasteiger partial charge in [0, 0.05) is 70.1 Å². The van der Waals surface area contributed by atoms with Crippen LogP contribution in [-0.4, -0.2) is 81.1 Å². The van der Waals surface area contributed by atoms with Gasteiger partial charge in [0.15, 0.2) is 0 Å². The van der Waals surface area contributed by atoms with Gasteiger partial charge >= 0.3 is 0 Å². The van der Waals surface area contributed by atoms with Gasteiger partial charge in [-0.15, -0.1) is 0 Å². The van der Waals surface area contributed by atoms with E-state index in [9.17, 15) is 14.4 Å². The molecule has 5 rings (SSSR count). The summed E-state index contributed by atoms with van der Waals surface area (Å²) in [6.45, 7) is 4.53. The number of amides is 3. The molecule has 2 aliphatic carbocycles. The fraction of sp³-hybridized carbons (Fsp3) is 0.667. The van der Waals surface area contributed by atoms with Crippen LogP contribution in [0, 0.1) is 11.3 Å². The number of fused-ring (bicyclic) bond motifs is 1. The third kappa shape index (κ3) is 5.09. The number of hydrogen-bond acceptors (Lipinski definition) is 6. The molecule has 4 aliphatic rings. The average Bonchev–Trinajstić information content (AvgIpc) is 3.80. The van der Waals surface area contributed by atoms with Crippen molar-refractivity contribution in [2.24, 2.45) is 17.1 Å². The second-order valence-electron chi connectivity index (χ2n) is 11.0. The molecule has 196 valence electrons. The molecule has 2 heterocycles. The van der Waals surface area contributed by atoms with Crippen molar-refractivity contribution < 1.29 is 19.1 Å². The van der Waals surface area contributed by atoms with Crippen LogP contribution >= 0.6 is 0 Å². The normalized spacial score (nSPS) is 26.2. The summed E-state index contributed by atoms with van der Waals surface area (Å²) in [6.07, 6.45) is 4.69. The summed E-state index contributed by atoms with van der Waals surface area (Å²) in [4.78, 5) is 42.8. The summed E-state index contributed by atoms with van der Waals surface area (Å²) in [5.74, 6) is -0.571. The molecule has 1 aromatic rings. The van der Waals surface area contributed by atoms with Gasteiger partial charge in [-0.05, 0) is 50.2 Å². The van der Waals surface area contributed by atoms with E-state index in [-0.39, 0.29) is 29.7 Å². The van der Waals surface area contributed by atoms with Crippen LogP contribution in [-0.2, 0) is 19.1 Å². The Kier molecular flexibility index (Phi) is 7.21. The first kappa shape index (κ1) is 25.0. The quantitative estimate of drug-likeness (QED) is 0.310. The third-order valence-electron chi connectivity index (χ3n) is 8.31. The molecule has 4 N–H and O–H groups in total. The number of nitrogens with one attached hydrogen (secondary N) is 2. The van der Waals surface area contributed by atoms with Gasteiger partial charge in [-0.25, -0.2) is 0 Å². The van der Waals surface area contributed by atoms with Crippen LogP contribution in [0.3, 0.4) is 0 Å². The first-order valence-corrected chi connectivity index (χ1v) is 13.4. The van der Waals surface area contributed by atoms with Crippen molar-refractivity contribution in [1.29, 1.82) is 0 Å². The lowest BCUT2D eigenvalue weighted by molar-refractivity contribution is -0.139. The largest absolute Gasteiger partial charge is 0.385 e. The molecule has 2 aliphatic heterocycles. The van der Waals surface area contributed by atoms with Crippen LogP contribution in [0.2, 0.25) is 0 Å². The number of carbonyl (C=O) groups excluding carboxylic acids is 3. The SMILES string of the molecule is COCCCN1CC(CN(C(=O)[C@@H]2CNC[C@H](NC(=O)C3(C(N)=O)CC3)C2)C2CC2)c2ccccc21. The minimum Gasteiger partial charge on any atom is -0.385 e. The van der Waals surface area contributed by atoms with E-state index in [0.717, 1.165) is 45.5 Å². The van der Waals surface area contributed by atoms with Crippen LogP contribution in [0.15, 0.2) is 24.3 Å². The molecule has 3 amide bonds. The molecule has 0 radical (unpaired) electrons. The monoisotopic (exact) mass is 497 g/mol. The van der Waals surface area contributed by atoms with Gasteiger partial charge in [-0.1, -0.05) is 18.2 Å². The fourth-order valence-electron chi connectivity index (χ4n) is 5.90. The van der Waals surface area contributed by atoms with E-state index in [1.807, 2.05) is 0 Å². The topological polar surface area (TPSA) is 117 Å². The van der Waals surface area contributed by atoms with E-state index >= 15 is 0 Å². The zero-order valence-corrected chi connectivity index (χ0v) is 21.2. The van der Waals surface area contributed by atoms with Crippen molar-refractivity contribution in [3.05, 3.63) is 29.8 Å². The Hall–Kier alpha value is -2.65. The lowest BCUT2D eigenvalue weighted by atomic mass is 9.92. The smallest absolute Gasteiger partial charge is 0.235 e. The van der Waals surface area contributed by atoms with E-state index in [0.29, 0.717) is 38.4 Å². The Morgan fingerprint density at radius 3 is 2.69 bits per heavy atom. The Labute approximate surface area is 213 Å². The lowest BCUT2D eigenvalue weighted by Gasteiger charge is -2.35. The standard InChI is InChI=1S/C27H39N5O4/c1-36-12-4-11-31-16-19(22-5-2-3-6-23(22)31)17-32(21-7-8-21)24(33)18-13-20(15-29-14-18)30-26(35)27(9-10-27)25(28)34/h2-3,5-6,18-21,29H,4,7-17H2,1H3,(H2,28,34)(H,30,35)/t18-,19?,20+/m0/s1. The van der Waals surface area contributed by atoms with Gasteiger partial charge < -0.3 is 30.9 Å². The van der Waals surface area contributed by atoms with Crippen LogP contribution < -0.4 is 21.3 Å². The lowest BCUT2D eigenvalue weighted by Crippen LogP contribution is -2.55. The summed E-state index contributed by atoms with van der Waals surface area (Å²) >= 11 is 0. The van der Waals surface area contributed by atoms with Crippen molar-refractivity contribution in [3.63, 3.8) is 0 Å².